The van der Waals surface area contributed by atoms with Crippen molar-refractivity contribution in [3.05, 3.63) is 58.9 Å². The summed E-state index contributed by atoms with van der Waals surface area (Å²) in [6.07, 6.45) is 10.8. The summed E-state index contributed by atoms with van der Waals surface area (Å²) >= 11 is 0. The van der Waals surface area contributed by atoms with E-state index in [0.29, 0.717) is 12.0 Å². The molecule has 188 valence electrons. The second-order valence-electron chi connectivity index (χ2n) is 10.5. The molecule has 3 N–H and O–H groups in total. The van der Waals surface area contributed by atoms with E-state index in [1.165, 1.54) is 31.2 Å². The molecule has 8 nitrogen and oxygen atoms in total. The summed E-state index contributed by atoms with van der Waals surface area (Å²) in [5, 5.41) is 8.57. The number of hydrogen-bond acceptors (Lipinski definition) is 6. The number of fused-ring (bicyclic) bond motifs is 3. The lowest BCUT2D eigenvalue weighted by Gasteiger charge is -2.33. The van der Waals surface area contributed by atoms with E-state index in [4.69, 9.17) is 15.8 Å². The molecule has 1 saturated heterocycles. The van der Waals surface area contributed by atoms with Crippen molar-refractivity contribution in [2.24, 2.45) is 5.73 Å². The molecule has 0 bridgehead atoms. The topological polar surface area (TPSA) is 102 Å². The Labute approximate surface area is 212 Å². The number of aryl methyl sites for hydroxylation is 1. The molecule has 8 heteroatoms. The van der Waals surface area contributed by atoms with Crippen LogP contribution in [0.1, 0.15) is 67.0 Å². The third-order valence-corrected chi connectivity index (χ3v) is 8.01. The molecule has 3 aliphatic rings. The molecule has 36 heavy (non-hydrogen) atoms. The fourth-order valence-corrected chi connectivity index (χ4v) is 6.14. The fourth-order valence-electron chi connectivity index (χ4n) is 6.14. The lowest BCUT2D eigenvalue weighted by Crippen LogP contribution is -2.34. The van der Waals surface area contributed by atoms with E-state index in [1.54, 1.807) is 0 Å². The van der Waals surface area contributed by atoms with E-state index in [0.717, 1.165) is 73.5 Å². The van der Waals surface area contributed by atoms with E-state index in [2.05, 4.69) is 50.2 Å². The zero-order chi connectivity index (χ0) is 24.5. The molecule has 2 aromatic heterocycles. The molecule has 1 saturated carbocycles. The number of hydrogen-bond donors (Lipinski definition) is 2. The van der Waals surface area contributed by atoms with Crippen molar-refractivity contribution in [2.45, 2.75) is 76.4 Å². The maximum absolute atomic E-state index is 11.9. The monoisotopic (exact) mass is 485 g/mol. The van der Waals surface area contributed by atoms with Crippen molar-refractivity contribution in [3.8, 4) is 11.4 Å². The Morgan fingerprint density at radius 3 is 2.58 bits per heavy atom. The fraction of sp³-hybridized carbons (Fsp3) is 0.500. The van der Waals surface area contributed by atoms with E-state index < -0.39 is 0 Å². The number of amides is 1. The van der Waals surface area contributed by atoms with Crippen molar-refractivity contribution in [2.75, 3.05) is 18.4 Å². The van der Waals surface area contributed by atoms with Crippen LogP contribution >= 0.6 is 0 Å². The normalized spacial score (nSPS) is 18.7. The SMILES string of the molecule is NC(=O)Cc1nn(C2CCN(Cc3ccccc3)CC2)c2c1CCc1cnc(NC3CCCC3)nc1-2. The number of piperidine rings is 1. The molecule has 0 radical (unpaired) electrons. The van der Waals surface area contributed by atoms with Gasteiger partial charge in [-0.3, -0.25) is 14.4 Å². The number of anilines is 1. The second kappa shape index (κ2) is 10.0. The van der Waals surface area contributed by atoms with Crippen LogP contribution in [-0.2, 0) is 30.6 Å². The average molecular weight is 486 g/mol. The molecule has 0 atom stereocenters. The summed E-state index contributed by atoms with van der Waals surface area (Å²) in [6.45, 7) is 3.01. The third-order valence-electron chi connectivity index (χ3n) is 8.01. The Morgan fingerprint density at radius 1 is 1.06 bits per heavy atom. The third kappa shape index (κ3) is 4.74. The zero-order valence-corrected chi connectivity index (χ0v) is 20.8. The van der Waals surface area contributed by atoms with Crippen LogP contribution in [0.25, 0.3) is 11.4 Å². The summed E-state index contributed by atoms with van der Waals surface area (Å²) in [4.78, 5) is 24.1. The standard InChI is InChI=1S/C28H35N7O/c29-25(36)16-24-23-11-10-20-17-30-28(31-21-8-4-5-9-21)32-26(20)27(23)35(33-24)22-12-14-34(15-13-22)18-19-6-2-1-3-7-19/h1-3,6-7,17,21-22H,4-5,8-16,18H2,(H2,29,36)(H,30,31,32). The first-order valence-electron chi connectivity index (χ1n) is 13.4. The Balaban J connectivity index is 1.28. The molecule has 2 fully saturated rings. The van der Waals surface area contributed by atoms with E-state index in [1.807, 2.05) is 6.20 Å². The first-order valence-corrected chi connectivity index (χ1v) is 13.4. The van der Waals surface area contributed by atoms with Gasteiger partial charge in [-0.2, -0.15) is 5.10 Å². The smallest absolute Gasteiger partial charge is 0.223 e. The summed E-state index contributed by atoms with van der Waals surface area (Å²) in [5.74, 6) is 0.368. The molecule has 1 aromatic carbocycles. The number of nitrogens with two attached hydrogens (primary N) is 1. The molecule has 1 amide bonds. The van der Waals surface area contributed by atoms with Crippen molar-refractivity contribution < 1.29 is 4.79 Å². The molecular formula is C28H35N7O. The van der Waals surface area contributed by atoms with Crippen LogP contribution in [0.4, 0.5) is 5.95 Å². The van der Waals surface area contributed by atoms with Crippen LogP contribution in [0.5, 0.6) is 0 Å². The highest BCUT2D eigenvalue weighted by Gasteiger charge is 2.32. The number of aromatic nitrogens is 4. The van der Waals surface area contributed by atoms with Crippen molar-refractivity contribution in [3.63, 3.8) is 0 Å². The van der Waals surface area contributed by atoms with E-state index in [9.17, 15) is 4.79 Å². The summed E-state index contributed by atoms with van der Waals surface area (Å²) in [7, 11) is 0. The number of nitrogens with one attached hydrogen (secondary N) is 1. The van der Waals surface area contributed by atoms with Crippen LogP contribution in [0.3, 0.4) is 0 Å². The molecule has 3 aromatic rings. The van der Waals surface area contributed by atoms with Crippen LogP contribution < -0.4 is 11.1 Å². The van der Waals surface area contributed by atoms with Crippen molar-refractivity contribution in [1.29, 1.82) is 0 Å². The van der Waals surface area contributed by atoms with E-state index in [-0.39, 0.29) is 18.4 Å². The van der Waals surface area contributed by atoms with Gasteiger partial charge in [0.15, 0.2) is 0 Å². The highest BCUT2D eigenvalue weighted by atomic mass is 16.1. The summed E-state index contributed by atoms with van der Waals surface area (Å²) < 4.78 is 2.18. The first kappa shape index (κ1) is 23.2. The number of carbonyl (C=O) groups excluding carboxylic acids is 1. The quantitative estimate of drug-likeness (QED) is 0.530. The van der Waals surface area contributed by atoms with Crippen molar-refractivity contribution >= 4 is 11.9 Å². The van der Waals surface area contributed by atoms with E-state index >= 15 is 0 Å². The van der Waals surface area contributed by atoms with Gasteiger partial charge in [0.1, 0.15) is 0 Å². The molecule has 3 heterocycles. The van der Waals surface area contributed by atoms with Gasteiger partial charge in [-0.25, -0.2) is 9.97 Å². The zero-order valence-electron chi connectivity index (χ0n) is 20.8. The molecule has 2 aliphatic carbocycles. The Bertz CT molecular complexity index is 1220. The summed E-state index contributed by atoms with van der Waals surface area (Å²) in [5.41, 5.74) is 12.1. The minimum atomic E-state index is -0.336. The average Bonchev–Trinajstić information content (AvgIpc) is 3.53. The van der Waals surface area contributed by atoms with Gasteiger partial charge < -0.3 is 11.1 Å². The molecule has 1 aliphatic heterocycles. The van der Waals surface area contributed by atoms with Crippen molar-refractivity contribution in [1.82, 2.24) is 24.6 Å². The van der Waals surface area contributed by atoms with Gasteiger partial charge in [-0.05, 0) is 49.7 Å². The Morgan fingerprint density at radius 2 is 1.83 bits per heavy atom. The van der Waals surface area contributed by atoms with Gasteiger partial charge in [0, 0.05) is 37.4 Å². The number of nitrogens with zero attached hydrogens (tertiary/aromatic N) is 5. The van der Waals surface area contributed by atoms with Crippen LogP contribution in [0, 0.1) is 0 Å². The number of benzene rings is 1. The maximum Gasteiger partial charge on any atom is 0.223 e. The largest absolute Gasteiger partial charge is 0.369 e. The molecular weight excluding hydrogens is 450 g/mol. The van der Waals surface area contributed by atoms with Gasteiger partial charge in [0.05, 0.1) is 29.5 Å². The number of likely N-dealkylation sites (tertiary alicyclic amines) is 1. The first-order chi connectivity index (χ1) is 17.6. The van der Waals surface area contributed by atoms with Gasteiger partial charge >= 0.3 is 0 Å². The molecule has 0 spiro atoms. The van der Waals surface area contributed by atoms with Gasteiger partial charge in [-0.1, -0.05) is 43.2 Å². The lowest BCUT2D eigenvalue weighted by molar-refractivity contribution is -0.117. The highest BCUT2D eigenvalue weighted by molar-refractivity contribution is 5.78. The number of primary amides is 1. The number of rotatable bonds is 7. The van der Waals surface area contributed by atoms with Gasteiger partial charge in [-0.15, -0.1) is 0 Å². The minimum absolute atomic E-state index is 0.176. The number of carbonyl (C=O) groups is 1. The maximum atomic E-state index is 11.9. The van der Waals surface area contributed by atoms with Crippen LogP contribution in [-0.4, -0.2) is 49.7 Å². The Kier molecular flexibility index (Phi) is 6.44. The predicted octanol–water partition coefficient (Wildman–Crippen LogP) is 3.66. The van der Waals surface area contributed by atoms with Crippen LogP contribution in [0.15, 0.2) is 36.5 Å². The van der Waals surface area contributed by atoms with Gasteiger partial charge in [0.25, 0.3) is 0 Å². The summed E-state index contributed by atoms with van der Waals surface area (Å²) in [6, 6.07) is 11.4. The highest BCUT2D eigenvalue weighted by Crippen LogP contribution is 2.38. The minimum Gasteiger partial charge on any atom is -0.369 e. The molecule has 6 rings (SSSR count). The predicted molar refractivity (Wildman–Crippen MR) is 139 cm³/mol. The van der Waals surface area contributed by atoms with Crippen LogP contribution in [0.2, 0.25) is 0 Å². The Hall–Kier alpha value is -3.26. The molecule has 0 unspecified atom stereocenters. The second-order valence-corrected chi connectivity index (χ2v) is 10.5. The van der Waals surface area contributed by atoms with Gasteiger partial charge in [0.2, 0.25) is 11.9 Å². The lowest BCUT2D eigenvalue weighted by atomic mass is 9.92.